The molecule has 0 spiro atoms. The van der Waals surface area contributed by atoms with Crippen molar-refractivity contribution in [2.24, 2.45) is 35.5 Å². The lowest BCUT2D eigenvalue weighted by Crippen LogP contribution is -2.28. The minimum absolute atomic E-state index is 1.11. The maximum atomic E-state index is 1.64. The van der Waals surface area contributed by atoms with E-state index in [2.05, 4.69) is 0 Å². The Kier molecular flexibility index (Phi) is 5.13. The highest BCUT2D eigenvalue weighted by molar-refractivity contribution is 4.94. The molecule has 0 heteroatoms. The van der Waals surface area contributed by atoms with E-state index in [-0.39, 0.29) is 0 Å². The molecule has 0 N–H and O–H groups in total. The highest BCUT2D eigenvalue weighted by atomic mass is 14.5. The van der Waals surface area contributed by atoms with E-state index in [1.54, 1.807) is 70.6 Å². The Balaban J connectivity index is 1.43. The van der Waals surface area contributed by atoms with Gasteiger partial charge in [-0.15, -0.1) is 0 Å². The Morgan fingerprint density at radius 2 is 0.955 bits per heavy atom. The normalized spacial score (nSPS) is 46.9. The van der Waals surface area contributed by atoms with Crippen molar-refractivity contribution < 1.29 is 0 Å². The van der Waals surface area contributed by atoms with Gasteiger partial charge in [-0.3, -0.25) is 0 Å². The lowest BCUT2D eigenvalue weighted by molar-refractivity contribution is 0.133. The van der Waals surface area contributed by atoms with E-state index in [9.17, 15) is 0 Å². The fourth-order valence-corrected chi connectivity index (χ4v) is 7.05. The van der Waals surface area contributed by atoms with Crippen LogP contribution >= 0.6 is 0 Å². The van der Waals surface area contributed by atoms with Gasteiger partial charge in [0.05, 0.1) is 0 Å². The molecular weight excluding hydrogens is 264 g/mol. The third-order valence-electron chi connectivity index (χ3n) is 8.24. The monoisotopic (exact) mass is 302 g/mol. The molecule has 4 saturated carbocycles. The Morgan fingerprint density at radius 3 is 1.73 bits per heavy atom. The van der Waals surface area contributed by atoms with Crippen LogP contribution in [0, 0.1) is 35.5 Å². The summed E-state index contributed by atoms with van der Waals surface area (Å²) in [5.74, 6) is 6.84. The molecule has 4 rings (SSSR count). The van der Waals surface area contributed by atoms with Crippen LogP contribution in [0.2, 0.25) is 0 Å². The first-order valence-electron chi connectivity index (χ1n) is 10.9. The van der Waals surface area contributed by atoms with Crippen LogP contribution in [0.25, 0.3) is 0 Å². The molecule has 0 aliphatic heterocycles. The average Bonchev–Trinajstić information content (AvgIpc) is 3.15. The van der Waals surface area contributed by atoms with Gasteiger partial charge in [0.2, 0.25) is 0 Å². The molecule has 4 aliphatic carbocycles. The first-order valence-corrected chi connectivity index (χ1v) is 10.9. The Hall–Kier alpha value is 0. The molecule has 4 aliphatic rings. The van der Waals surface area contributed by atoms with Gasteiger partial charge < -0.3 is 0 Å². The molecule has 0 aromatic heterocycles. The Bertz CT molecular complexity index is 346. The van der Waals surface area contributed by atoms with E-state index in [4.69, 9.17) is 0 Å². The molecule has 0 aromatic rings. The summed E-state index contributed by atoms with van der Waals surface area (Å²) in [6.07, 6.45) is 25.2. The second-order valence-electron chi connectivity index (χ2n) is 9.48. The minimum Gasteiger partial charge on any atom is -0.0533 e. The van der Waals surface area contributed by atoms with Gasteiger partial charge in [-0.2, -0.15) is 0 Å². The second kappa shape index (κ2) is 7.27. The van der Waals surface area contributed by atoms with Crippen LogP contribution in [0.1, 0.15) is 103 Å². The predicted octanol–water partition coefficient (Wildman–Crippen LogP) is 6.98. The maximum absolute atomic E-state index is 1.64. The summed E-state index contributed by atoms with van der Waals surface area (Å²) in [7, 11) is 0. The Labute approximate surface area is 138 Å². The van der Waals surface area contributed by atoms with Crippen molar-refractivity contribution in [3.8, 4) is 0 Å². The highest BCUT2D eigenvalue weighted by Gasteiger charge is 2.44. The van der Waals surface area contributed by atoms with E-state index in [0.29, 0.717) is 0 Å². The van der Waals surface area contributed by atoms with Gasteiger partial charge >= 0.3 is 0 Å². The van der Waals surface area contributed by atoms with Crippen molar-refractivity contribution in [3.63, 3.8) is 0 Å². The molecule has 4 fully saturated rings. The smallest absolute Gasteiger partial charge is 0.0352 e. The van der Waals surface area contributed by atoms with Gasteiger partial charge in [-0.1, -0.05) is 64.2 Å². The minimum atomic E-state index is 1.11. The zero-order chi connectivity index (χ0) is 14.8. The Morgan fingerprint density at radius 1 is 0.364 bits per heavy atom. The number of fused-ring (bicyclic) bond motifs is 4. The van der Waals surface area contributed by atoms with Crippen LogP contribution in [0.5, 0.6) is 0 Å². The number of hydrogen-bond donors (Lipinski definition) is 0. The van der Waals surface area contributed by atoms with Crippen molar-refractivity contribution >= 4 is 0 Å². The summed E-state index contributed by atoms with van der Waals surface area (Å²) in [6.45, 7) is 0. The fourth-order valence-electron chi connectivity index (χ4n) is 7.05. The van der Waals surface area contributed by atoms with Crippen LogP contribution in [0.4, 0.5) is 0 Å². The molecule has 0 saturated heterocycles. The molecule has 0 heterocycles. The van der Waals surface area contributed by atoms with Crippen LogP contribution < -0.4 is 0 Å². The van der Waals surface area contributed by atoms with Gasteiger partial charge in [0.25, 0.3) is 0 Å². The third kappa shape index (κ3) is 3.41. The molecule has 0 aromatic carbocycles. The van der Waals surface area contributed by atoms with E-state index in [1.165, 1.54) is 32.1 Å². The summed E-state index contributed by atoms with van der Waals surface area (Å²) in [5, 5.41) is 0. The fraction of sp³-hybridized carbons (Fsp3) is 1.00. The van der Waals surface area contributed by atoms with E-state index < -0.39 is 0 Å². The van der Waals surface area contributed by atoms with E-state index >= 15 is 0 Å². The van der Waals surface area contributed by atoms with E-state index in [1.807, 2.05) is 0 Å². The summed E-state index contributed by atoms with van der Waals surface area (Å²) >= 11 is 0. The van der Waals surface area contributed by atoms with Gasteiger partial charge in [-0.25, -0.2) is 0 Å². The molecule has 0 nitrogen and oxygen atoms in total. The van der Waals surface area contributed by atoms with Gasteiger partial charge in [0.1, 0.15) is 0 Å². The topological polar surface area (TPSA) is 0 Å². The van der Waals surface area contributed by atoms with E-state index in [0.717, 1.165) is 35.5 Å². The molecule has 6 atom stereocenters. The van der Waals surface area contributed by atoms with Crippen molar-refractivity contribution in [2.75, 3.05) is 0 Å². The summed E-state index contributed by atoms with van der Waals surface area (Å²) in [6, 6.07) is 0. The predicted molar refractivity (Wildman–Crippen MR) is 94.8 cm³/mol. The maximum Gasteiger partial charge on any atom is -0.0352 e. The summed E-state index contributed by atoms with van der Waals surface area (Å²) < 4.78 is 0. The lowest BCUT2D eigenvalue weighted by atomic mass is 9.69. The van der Waals surface area contributed by atoms with Crippen molar-refractivity contribution in [2.45, 2.75) is 103 Å². The highest BCUT2D eigenvalue weighted by Crippen LogP contribution is 2.54. The van der Waals surface area contributed by atoms with Crippen LogP contribution in [0.15, 0.2) is 0 Å². The van der Waals surface area contributed by atoms with Gasteiger partial charge in [-0.05, 0) is 74.0 Å². The molecular formula is C22H38. The zero-order valence-electron chi connectivity index (χ0n) is 14.8. The zero-order valence-corrected chi connectivity index (χ0v) is 14.8. The summed E-state index contributed by atoms with van der Waals surface area (Å²) in [4.78, 5) is 0. The van der Waals surface area contributed by atoms with Crippen LogP contribution in [-0.2, 0) is 0 Å². The third-order valence-corrected chi connectivity index (χ3v) is 8.24. The molecule has 0 radical (unpaired) electrons. The first-order chi connectivity index (χ1) is 10.9. The van der Waals surface area contributed by atoms with Crippen molar-refractivity contribution in [1.82, 2.24) is 0 Å². The van der Waals surface area contributed by atoms with Crippen molar-refractivity contribution in [1.29, 1.82) is 0 Å². The standard InChI is InChI=1S/C22H38/c1-2-4-6-8-18-9-11-19-13-14-21(22(19)16-18)20-12-10-17(15-20)7-5-3-1/h17-22H,1-16H2. The summed E-state index contributed by atoms with van der Waals surface area (Å²) in [5.41, 5.74) is 0. The molecule has 0 amide bonds. The SMILES string of the molecule is C1CCCCC2CCC3CCC(C4CCC(CCC1)C4)C3C2. The average molecular weight is 303 g/mol. The number of hydrogen-bond acceptors (Lipinski definition) is 0. The lowest BCUT2D eigenvalue weighted by Gasteiger charge is -2.37. The number of rotatable bonds is 0. The molecule has 4 bridgehead atoms. The second-order valence-corrected chi connectivity index (χ2v) is 9.48. The quantitative estimate of drug-likeness (QED) is 0.453. The largest absolute Gasteiger partial charge is 0.0533 e. The van der Waals surface area contributed by atoms with Crippen molar-refractivity contribution in [3.05, 3.63) is 0 Å². The molecule has 6 unspecified atom stereocenters. The molecule has 126 valence electrons. The van der Waals surface area contributed by atoms with Gasteiger partial charge in [0.15, 0.2) is 0 Å². The molecule has 22 heavy (non-hydrogen) atoms. The van der Waals surface area contributed by atoms with Gasteiger partial charge in [0, 0.05) is 0 Å². The van der Waals surface area contributed by atoms with Crippen LogP contribution in [0.3, 0.4) is 0 Å². The first kappa shape index (κ1) is 15.5. The van der Waals surface area contributed by atoms with Crippen LogP contribution in [-0.4, -0.2) is 0 Å².